The molecule has 0 spiro atoms. The average molecular weight is 259 g/mol. The second-order valence-electron chi connectivity index (χ2n) is 4.18. The summed E-state index contributed by atoms with van der Waals surface area (Å²) in [6, 6.07) is 10.1. The lowest BCUT2D eigenvalue weighted by atomic mass is 10.2. The number of nitrogens with one attached hydrogen (secondary N) is 2. The van der Waals surface area contributed by atoms with E-state index >= 15 is 0 Å². The molecule has 0 unspecified atom stereocenters. The minimum Gasteiger partial charge on any atom is -0.370 e. The van der Waals surface area contributed by atoms with Crippen LogP contribution in [-0.2, 0) is 13.0 Å². The van der Waals surface area contributed by atoms with Crippen LogP contribution in [0.5, 0.6) is 0 Å². The monoisotopic (exact) mass is 259 g/mol. The molecule has 1 heterocycles. The first-order chi connectivity index (χ1) is 8.74. The van der Waals surface area contributed by atoms with Gasteiger partial charge in [-0.3, -0.25) is 5.41 Å². The molecule has 2 rings (SSSR count). The number of hydrogen-bond acceptors (Lipinski definition) is 3. The maximum Gasteiger partial charge on any atom is 0.0938 e. The second kappa shape index (κ2) is 6.31. The zero-order chi connectivity index (χ0) is 12.8. The van der Waals surface area contributed by atoms with Gasteiger partial charge in [0.25, 0.3) is 0 Å². The van der Waals surface area contributed by atoms with Crippen molar-refractivity contribution in [3.63, 3.8) is 0 Å². The van der Waals surface area contributed by atoms with Crippen molar-refractivity contribution in [2.24, 2.45) is 0 Å². The predicted octanol–water partition coefficient (Wildman–Crippen LogP) is 3.15. The third-order valence-electron chi connectivity index (χ3n) is 2.61. The smallest absolute Gasteiger partial charge is 0.0938 e. The molecule has 0 aliphatic carbocycles. The molecule has 0 fully saturated rings. The van der Waals surface area contributed by atoms with E-state index in [1.807, 2.05) is 24.4 Å². The van der Waals surface area contributed by atoms with Gasteiger partial charge in [-0.15, -0.1) is 11.3 Å². The third kappa shape index (κ3) is 3.96. The maximum atomic E-state index is 7.86. The summed E-state index contributed by atoms with van der Waals surface area (Å²) in [5.74, 6) is 0.576. The van der Waals surface area contributed by atoms with Crippen molar-refractivity contribution in [3.8, 4) is 0 Å². The zero-order valence-electron chi connectivity index (χ0n) is 10.4. The van der Waals surface area contributed by atoms with Crippen molar-refractivity contribution in [2.75, 3.05) is 0 Å². The van der Waals surface area contributed by atoms with E-state index in [1.54, 1.807) is 11.3 Å². The Morgan fingerprint density at radius 1 is 1.33 bits per heavy atom. The molecule has 0 saturated heterocycles. The van der Waals surface area contributed by atoms with E-state index < -0.39 is 0 Å². The van der Waals surface area contributed by atoms with Crippen molar-refractivity contribution < 1.29 is 0 Å². The second-order valence-corrected chi connectivity index (χ2v) is 5.50. The highest BCUT2D eigenvalue weighted by atomic mass is 32.1. The number of aromatic nitrogens is 1. The Labute approximate surface area is 111 Å². The SMILES string of the molecule is Cc1cnc(CCC(=N)NCc2ccccc2)s1. The fraction of sp³-hybridized carbons (Fsp3) is 0.286. The molecule has 4 heteroatoms. The van der Waals surface area contributed by atoms with Crippen molar-refractivity contribution in [2.45, 2.75) is 26.3 Å². The standard InChI is InChI=1S/C14H17N3S/c1-11-9-17-14(18-11)8-7-13(15)16-10-12-5-3-2-4-6-12/h2-6,9H,7-8,10H2,1H3,(H2,15,16). The number of nitrogens with zero attached hydrogens (tertiary/aromatic N) is 1. The van der Waals surface area contributed by atoms with Gasteiger partial charge in [0.1, 0.15) is 0 Å². The van der Waals surface area contributed by atoms with Crippen LogP contribution in [-0.4, -0.2) is 10.8 Å². The van der Waals surface area contributed by atoms with Gasteiger partial charge in [0, 0.05) is 30.5 Å². The Kier molecular flexibility index (Phi) is 4.47. The molecule has 0 atom stereocenters. The lowest BCUT2D eigenvalue weighted by Gasteiger charge is -2.07. The van der Waals surface area contributed by atoms with Crippen LogP contribution in [0.1, 0.15) is 21.9 Å². The number of rotatable bonds is 5. The van der Waals surface area contributed by atoms with Crippen LogP contribution in [0.4, 0.5) is 0 Å². The van der Waals surface area contributed by atoms with Crippen molar-refractivity contribution in [3.05, 3.63) is 52.0 Å². The van der Waals surface area contributed by atoms with Crippen LogP contribution in [0, 0.1) is 12.3 Å². The number of benzene rings is 1. The first kappa shape index (κ1) is 12.8. The molecule has 2 aromatic rings. The van der Waals surface area contributed by atoms with E-state index in [0.717, 1.165) is 24.4 Å². The maximum absolute atomic E-state index is 7.86. The summed E-state index contributed by atoms with van der Waals surface area (Å²) in [6.07, 6.45) is 3.46. The van der Waals surface area contributed by atoms with Gasteiger partial charge in [0.2, 0.25) is 0 Å². The lowest BCUT2D eigenvalue weighted by molar-refractivity contribution is 0.856. The summed E-state index contributed by atoms with van der Waals surface area (Å²) in [5.41, 5.74) is 1.20. The van der Waals surface area contributed by atoms with Crippen molar-refractivity contribution in [1.82, 2.24) is 10.3 Å². The lowest BCUT2D eigenvalue weighted by Crippen LogP contribution is -2.22. The largest absolute Gasteiger partial charge is 0.370 e. The summed E-state index contributed by atoms with van der Waals surface area (Å²) in [5, 5.41) is 12.1. The van der Waals surface area contributed by atoms with Crippen LogP contribution < -0.4 is 5.32 Å². The summed E-state index contributed by atoms with van der Waals surface area (Å²) in [4.78, 5) is 5.53. The summed E-state index contributed by atoms with van der Waals surface area (Å²) < 4.78 is 0. The van der Waals surface area contributed by atoms with Gasteiger partial charge in [-0.05, 0) is 12.5 Å². The quantitative estimate of drug-likeness (QED) is 0.640. The van der Waals surface area contributed by atoms with Crippen molar-refractivity contribution in [1.29, 1.82) is 5.41 Å². The minimum atomic E-state index is 0.576. The Balaban J connectivity index is 1.73. The number of thiazole rings is 1. The Morgan fingerprint density at radius 2 is 2.11 bits per heavy atom. The Hall–Kier alpha value is -1.68. The van der Waals surface area contributed by atoms with Gasteiger partial charge in [0.15, 0.2) is 0 Å². The van der Waals surface area contributed by atoms with Gasteiger partial charge in [-0.1, -0.05) is 30.3 Å². The molecule has 18 heavy (non-hydrogen) atoms. The van der Waals surface area contributed by atoms with Crippen LogP contribution in [0.2, 0.25) is 0 Å². The molecular formula is C14H17N3S. The Morgan fingerprint density at radius 3 is 2.78 bits per heavy atom. The van der Waals surface area contributed by atoms with E-state index in [9.17, 15) is 0 Å². The molecule has 3 nitrogen and oxygen atoms in total. The van der Waals surface area contributed by atoms with Gasteiger partial charge >= 0.3 is 0 Å². The third-order valence-corrected chi connectivity index (χ3v) is 3.58. The van der Waals surface area contributed by atoms with Crippen LogP contribution >= 0.6 is 11.3 Å². The molecule has 0 saturated carbocycles. The molecule has 0 aliphatic rings. The topological polar surface area (TPSA) is 48.8 Å². The predicted molar refractivity (Wildman–Crippen MR) is 76.2 cm³/mol. The molecular weight excluding hydrogens is 242 g/mol. The highest BCUT2D eigenvalue weighted by Crippen LogP contribution is 2.12. The van der Waals surface area contributed by atoms with Crippen LogP contribution in [0.3, 0.4) is 0 Å². The number of amidine groups is 1. The fourth-order valence-corrected chi connectivity index (χ4v) is 2.43. The molecule has 1 aromatic heterocycles. The minimum absolute atomic E-state index is 0.576. The van der Waals surface area contributed by atoms with Gasteiger partial charge in [-0.25, -0.2) is 4.98 Å². The molecule has 0 amide bonds. The van der Waals surface area contributed by atoms with E-state index in [2.05, 4.69) is 29.4 Å². The molecule has 0 radical (unpaired) electrons. The summed E-state index contributed by atoms with van der Waals surface area (Å²) in [7, 11) is 0. The number of aryl methyl sites for hydroxylation is 2. The highest BCUT2D eigenvalue weighted by Gasteiger charge is 2.02. The first-order valence-electron chi connectivity index (χ1n) is 6.00. The van der Waals surface area contributed by atoms with Crippen molar-refractivity contribution >= 4 is 17.2 Å². The zero-order valence-corrected chi connectivity index (χ0v) is 11.3. The fourth-order valence-electron chi connectivity index (χ4n) is 1.64. The van der Waals surface area contributed by atoms with Gasteiger partial charge < -0.3 is 5.32 Å². The van der Waals surface area contributed by atoms with E-state index in [1.165, 1.54) is 10.4 Å². The van der Waals surface area contributed by atoms with E-state index in [4.69, 9.17) is 5.41 Å². The van der Waals surface area contributed by atoms with Gasteiger partial charge in [-0.2, -0.15) is 0 Å². The average Bonchev–Trinajstić information content (AvgIpc) is 2.81. The summed E-state index contributed by atoms with van der Waals surface area (Å²) >= 11 is 1.71. The highest BCUT2D eigenvalue weighted by molar-refractivity contribution is 7.11. The van der Waals surface area contributed by atoms with E-state index in [0.29, 0.717) is 5.84 Å². The normalized spacial score (nSPS) is 10.3. The first-order valence-corrected chi connectivity index (χ1v) is 6.82. The summed E-state index contributed by atoms with van der Waals surface area (Å²) in [6.45, 7) is 2.77. The molecule has 2 N–H and O–H groups in total. The Bertz CT molecular complexity index is 505. The molecule has 1 aromatic carbocycles. The van der Waals surface area contributed by atoms with E-state index in [-0.39, 0.29) is 0 Å². The molecule has 0 aliphatic heterocycles. The molecule has 94 valence electrons. The molecule has 0 bridgehead atoms. The van der Waals surface area contributed by atoms with Crippen LogP contribution in [0.25, 0.3) is 0 Å². The van der Waals surface area contributed by atoms with Crippen LogP contribution in [0.15, 0.2) is 36.5 Å². The van der Waals surface area contributed by atoms with Gasteiger partial charge in [0.05, 0.1) is 10.8 Å². The number of hydrogen-bond donors (Lipinski definition) is 2.